The van der Waals surface area contributed by atoms with Crippen LogP contribution in [0, 0.1) is 17.8 Å². The summed E-state index contributed by atoms with van der Waals surface area (Å²) in [7, 11) is 1.36. The zero-order valence-corrected chi connectivity index (χ0v) is 22.5. The predicted molar refractivity (Wildman–Crippen MR) is 139 cm³/mol. The van der Waals surface area contributed by atoms with Crippen LogP contribution in [-0.4, -0.2) is 49.3 Å². The van der Waals surface area contributed by atoms with Crippen molar-refractivity contribution in [1.29, 1.82) is 0 Å². The first-order chi connectivity index (χ1) is 18.0. The molecular formula is C30H44O7. The second-order valence-electron chi connectivity index (χ2n) is 11.1. The number of carbonyl (C=O) groups is 2. The van der Waals surface area contributed by atoms with Gasteiger partial charge in [-0.25, -0.2) is 9.59 Å². The van der Waals surface area contributed by atoms with E-state index in [0.29, 0.717) is 11.8 Å². The molecule has 1 aromatic carbocycles. The van der Waals surface area contributed by atoms with Gasteiger partial charge < -0.3 is 24.1 Å². The maximum atomic E-state index is 12.5. The van der Waals surface area contributed by atoms with Crippen molar-refractivity contribution < 1.29 is 33.6 Å². The third-order valence-electron chi connectivity index (χ3n) is 8.70. The average Bonchev–Trinajstić information content (AvgIpc) is 3.50. The third-order valence-corrected chi connectivity index (χ3v) is 8.70. The number of carbonyl (C=O) groups excluding carboxylic acids is 2. The lowest BCUT2D eigenvalue weighted by molar-refractivity contribution is -0.142. The number of hydrogen-bond donors (Lipinski definition) is 1. The Balaban J connectivity index is 1.36. The summed E-state index contributed by atoms with van der Waals surface area (Å²) < 4.78 is 21.9. The molecule has 1 aromatic rings. The first kappa shape index (κ1) is 27.7. The van der Waals surface area contributed by atoms with Gasteiger partial charge in [-0.3, -0.25) is 0 Å². The molecule has 7 heteroatoms. The van der Waals surface area contributed by atoms with Gasteiger partial charge in [-0.2, -0.15) is 0 Å². The van der Waals surface area contributed by atoms with Crippen molar-refractivity contribution in [3.8, 4) is 5.75 Å². The van der Waals surface area contributed by atoms with Crippen molar-refractivity contribution >= 4 is 12.1 Å². The summed E-state index contributed by atoms with van der Waals surface area (Å²) in [5.41, 5.74) is 2.38. The Kier molecular flexibility index (Phi) is 10.1. The van der Waals surface area contributed by atoms with E-state index < -0.39 is 12.1 Å². The highest BCUT2D eigenvalue weighted by molar-refractivity contribution is 5.71. The van der Waals surface area contributed by atoms with Gasteiger partial charge >= 0.3 is 12.1 Å². The average molecular weight is 517 g/mol. The first-order valence-corrected chi connectivity index (χ1v) is 14.3. The molecule has 0 aliphatic heterocycles. The summed E-state index contributed by atoms with van der Waals surface area (Å²) in [5, 5.41) is 11.0. The van der Waals surface area contributed by atoms with Crippen LogP contribution >= 0.6 is 0 Å². The summed E-state index contributed by atoms with van der Waals surface area (Å²) in [5.74, 6) is 1.29. The Morgan fingerprint density at radius 1 is 1.11 bits per heavy atom. The molecule has 206 valence electrons. The molecule has 7 nitrogen and oxygen atoms in total. The van der Waals surface area contributed by atoms with E-state index in [1.807, 2.05) is 12.1 Å². The summed E-state index contributed by atoms with van der Waals surface area (Å²) in [6.45, 7) is 2.07. The lowest BCUT2D eigenvalue weighted by atomic mass is 9.73. The van der Waals surface area contributed by atoms with Crippen molar-refractivity contribution in [2.75, 3.05) is 13.7 Å². The van der Waals surface area contributed by atoms with Gasteiger partial charge in [-0.1, -0.05) is 31.9 Å². The number of aliphatic hydroxyl groups excluding tert-OH is 1. The van der Waals surface area contributed by atoms with Crippen LogP contribution in [0.3, 0.4) is 0 Å². The highest BCUT2D eigenvalue weighted by atomic mass is 16.7. The molecule has 3 aliphatic rings. The SMILES string of the molecule is CCCCC[C@@H](CC[C@@H]1[C@H]2Cc3cccc(OCC(=O)OC)c3C[C@H]2C[C@H]1O)OC(=O)OC1CCCC1. The summed E-state index contributed by atoms with van der Waals surface area (Å²) in [6, 6.07) is 6.02. The van der Waals surface area contributed by atoms with E-state index in [1.165, 1.54) is 12.7 Å². The smallest absolute Gasteiger partial charge is 0.482 e. The highest BCUT2D eigenvalue weighted by Crippen LogP contribution is 2.48. The fourth-order valence-corrected chi connectivity index (χ4v) is 6.70. The topological polar surface area (TPSA) is 91.3 Å². The van der Waals surface area contributed by atoms with Gasteiger partial charge in [-0.05, 0) is 106 Å². The molecular weight excluding hydrogens is 472 g/mol. The zero-order chi connectivity index (χ0) is 26.2. The molecule has 0 radical (unpaired) electrons. The monoisotopic (exact) mass is 516 g/mol. The highest BCUT2D eigenvalue weighted by Gasteiger charge is 2.45. The number of unbranched alkanes of at least 4 members (excludes halogenated alkanes) is 2. The number of fused-ring (bicyclic) bond motifs is 2. The van der Waals surface area contributed by atoms with E-state index >= 15 is 0 Å². The fourth-order valence-electron chi connectivity index (χ4n) is 6.70. The van der Waals surface area contributed by atoms with Crippen molar-refractivity contribution in [2.24, 2.45) is 17.8 Å². The number of hydrogen-bond acceptors (Lipinski definition) is 7. The van der Waals surface area contributed by atoms with Gasteiger partial charge in [0.15, 0.2) is 6.61 Å². The molecule has 2 fully saturated rings. The van der Waals surface area contributed by atoms with Crippen LogP contribution < -0.4 is 4.74 Å². The second kappa shape index (κ2) is 13.5. The molecule has 1 N–H and O–H groups in total. The molecule has 5 atom stereocenters. The van der Waals surface area contributed by atoms with E-state index in [1.54, 1.807) is 0 Å². The largest absolute Gasteiger partial charge is 0.508 e. The minimum absolute atomic E-state index is 0.00463. The van der Waals surface area contributed by atoms with Gasteiger partial charge in [-0.15, -0.1) is 0 Å². The molecule has 3 aliphatic carbocycles. The fraction of sp³-hybridized carbons (Fsp3) is 0.733. The number of rotatable bonds is 12. The van der Waals surface area contributed by atoms with Crippen molar-refractivity contribution in [1.82, 2.24) is 0 Å². The van der Waals surface area contributed by atoms with Gasteiger partial charge in [0.05, 0.1) is 13.2 Å². The van der Waals surface area contributed by atoms with Crippen LogP contribution in [0.2, 0.25) is 0 Å². The molecule has 0 spiro atoms. The van der Waals surface area contributed by atoms with E-state index in [-0.39, 0.29) is 30.8 Å². The Morgan fingerprint density at radius 2 is 1.92 bits per heavy atom. The van der Waals surface area contributed by atoms with Gasteiger partial charge in [0, 0.05) is 0 Å². The number of benzene rings is 1. The quantitative estimate of drug-likeness (QED) is 0.278. The molecule has 0 saturated heterocycles. The van der Waals surface area contributed by atoms with E-state index in [4.69, 9.17) is 18.9 Å². The summed E-state index contributed by atoms with van der Waals surface area (Å²) in [6.07, 6.45) is 11.3. The maximum Gasteiger partial charge on any atom is 0.508 e. The Bertz CT molecular complexity index is 894. The molecule has 0 bridgehead atoms. The lowest BCUT2D eigenvalue weighted by Crippen LogP contribution is -2.29. The van der Waals surface area contributed by atoms with Crippen LogP contribution in [0.5, 0.6) is 5.75 Å². The minimum atomic E-state index is -0.524. The van der Waals surface area contributed by atoms with E-state index in [2.05, 4.69) is 13.0 Å². The molecule has 0 unspecified atom stereocenters. The normalized spacial score (nSPS) is 25.7. The number of esters is 1. The predicted octanol–water partition coefficient (Wildman–Crippen LogP) is 5.78. The van der Waals surface area contributed by atoms with Crippen LogP contribution in [-0.2, 0) is 31.8 Å². The van der Waals surface area contributed by atoms with Gasteiger partial charge in [0.25, 0.3) is 0 Å². The van der Waals surface area contributed by atoms with E-state index in [0.717, 1.165) is 94.8 Å². The van der Waals surface area contributed by atoms with Gasteiger partial charge in [0.1, 0.15) is 18.0 Å². The van der Waals surface area contributed by atoms with Gasteiger partial charge in [0.2, 0.25) is 0 Å². The summed E-state index contributed by atoms with van der Waals surface area (Å²) >= 11 is 0. The molecule has 4 rings (SSSR count). The minimum Gasteiger partial charge on any atom is -0.482 e. The lowest BCUT2D eigenvalue weighted by Gasteiger charge is -2.32. The van der Waals surface area contributed by atoms with E-state index in [9.17, 15) is 14.7 Å². The Labute approximate surface area is 221 Å². The molecule has 0 heterocycles. The molecule has 0 amide bonds. The van der Waals surface area contributed by atoms with Crippen molar-refractivity contribution in [3.63, 3.8) is 0 Å². The Hall–Kier alpha value is -2.28. The van der Waals surface area contributed by atoms with Crippen LogP contribution in [0.15, 0.2) is 18.2 Å². The first-order valence-electron chi connectivity index (χ1n) is 14.3. The molecule has 37 heavy (non-hydrogen) atoms. The number of methoxy groups -OCH3 is 1. The molecule has 0 aromatic heterocycles. The second-order valence-corrected chi connectivity index (χ2v) is 11.1. The van der Waals surface area contributed by atoms with Crippen LogP contribution in [0.4, 0.5) is 4.79 Å². The number of aliphatic hydroxyl groups is 1. The zero-order valence-electron chi connectivity index (χ0n) is 22.5. The van der Waals surface area contributed by atoms with Crippen molar-refractivity contribution in [2.45, 2.75) is 109 Å². The van der Waals surface area contributed by atoms with Crippen LogP contribution in [0.1, 0.15) is 88.7 Å². The molecule has 2 saturated carbocycles. The maximum absolute atomic E-state index is 12.5. The van der Waals surface area contributed by atoms with Crippen molar-refractivity contribution in [3.05, 3.63) is 29.3 Å². The Morgan fingerprint density at radius 3 is 2.68 bits per heavy atom. The number of ether oxygens (including phenoxy) is 4. The standard InChI is InChI=1S/C30H44O7/c1-3-4-5-10-23(37-30(33)36-22-11-6-7-12-22)14-15-24-25-16-20-9-8-13-28(35-19-29(32)34-2)26(20)17-21(25)18-27(24)31/h8-9,13,21-25,27,31H,3-7,10-12,14-19H2,1-2H3/t21-,23-,24+,25-,27+/m0/s1. The van der Waals surface area contributed by atoms with Crippen LogP contribution in [0.25, 0.3) is 0 Å². The summed E-state index contributed by atoms with van der Waals surface area (Å²) in [4.78, 5) is 24.0. The third kappa shape index (κ3) is 7.40.